The number of fused-ring (bicyclic) bond motifs is 1. The van der Waals surface area contributed by atoms with Gasteiger partial charge in [0.25, 0.3) is 5.91 Å². The molecule has 4 nitrogen and oxygen atoms in total. The number of nitrogens with zero attached hydrogens (tertiary/aromatic N) is 1. The molecule has 1 fully saturated rings. The smallest absolute Gasteiger partial charge is 0.254 e. The first kappa shape index (κ1) is 16.8. The van der Waals surface area contributed by atoms with Crippen LogP contribution in [0.4, 0.5) is 5.69 Å². The van der Waals surface area contributed by atoms with Crippen molar-refractivity contribution in [2.75, 3.05) is 11.9 Å². The van der Waals surface area contributed by atoms with Gasteiger partial charge in [-0.1, -0.05) is 18.2 Å². The van der Waals surface area contributed by atoms with Gasteiger partial charge in [0.1, 0.15) is 0 Å². The SMILES string of the molecule is Cc1ccc(C2CCCN2C(=O)c2ccc3c(c2)CCC(=O)N3)cc1C. The zero-order chi connectivity index (χ0) is 18.3. The average Bonchev–Trinajstić information content (AvgIpc) is 3.12. The highest BCUT2D eigenvalue weighted by molar-refractivity contribution is 5.98. The summed E-state index contributed by atoms with van der Waals surface area (Å²) in [5.41, 5.74) is 6.38. The summed E-state index contributed by atoms with van der Waals surface area (Å²) in [6.45, 7) is 5.03. The molecule has 1 saturated heterocycles. The van der Waals surface area contributed by atoms with E-state index in [9.17, 15) is 9.59 Å². The molecule has 4 rings (SSSR count). The number of carbonyl (C=O) groups is 2. The van der Waals surface area contributed by atoms with Crippen LogP contribution in [0.2, 0.25) is 0 Å². The minimum absolute atomic E-state index is 0.0472. The molecule has 1 unspecified atom stereocenters. The first-order valence-corrected chi connectivity index (χ1v) is 9.34. The van der Waals surface area contributed by atoms with Gasteiger partial charge in [-0.2, -0.15) is 0 Å². The van der Waals surface area contributed by atoms with Crippen molar-refractivity contribution in [1.29, 1.82) is 0 Å². The monoisotopic (exact) mass is 348 g/mol. The third-order valence-corrected chi connectivity index (χ3v) is 5.68. The molecule has 2 aromatic rings. The Kier molecular flexibility index (Phi) is 4.27. The Morgan fingerprint density at radius 2 is 1.92 bits per heavy atom. The van der Waals surface area contributed by atoms with Crippen LogP contribution in [0, 0.1) is 13.8 Å². The Bertz CT molecular complexity index is 888. The van der Waals surface area contributed by atoms with Gasteiger partial charge < -0.3 is 10.2 Å². The molecular formula is C22H24N2O2. The van der Waals surface area contributed by atoms with Crippen molar-refractivity contribution < 1.29 is 9.59 Å². The molecule has 2 heterocycles. The summed E-state index contributed by atoms with van der Waals surface area (Å²) in [6, 6.07) is 12.3. The third-order valence-electron chi connectivity index (χ3n) is 5.68. The number of amides is 2. The van der Waals surface area contributed by atoms with E-state index in [1.165, 1.54) is 16.7 Å². The highest BCUT2D eigenvalue weighted by atomic mass is 16.2. The first-order chi connectivity index (χ1) is 12.5. The number of rotatable bonds is 2. The Morgan fingerprint density at radius 1 is 1.08 bits per heavy atom. The minimum atomic E-state index is 0.0472. The van der Waals surface area contributed by atoms with Gasteiger partial charge in [0, 0.05) is 24.2 Å². The van der Waals surface area contributed by atoms with Crippen LogP contribution in [-0.4, -0.2) is 23.3 Å². The number of likely N-dealkylation sites (tertiary alicyclic amines) is 1. The predicted molar refractivity (Wildman–Crippen MR) is 102 cm³/mol. The molecule has 2 aromatic carbocycles. The van der Waals surface area contributed by atoms with Crippen molar-refractivity contribution in [1.82, 2.24) is 4.90 Å². The van der Waals surface area contributed by atoms with Gasteiger partial charge in [0.05, 0.1) is 6.04 Å². The number of aryl methyl sites for hydroxylation is 3. The Balaban J connectivity index is 1.61. The number of carbonyl (C=O) groups excluding carboxylic acids is 2. The second kappa shape index (κ2) is 6.60. The van der Waals surface area contributed by atoms with E-state index in [1.807, 2.05) is 23.1 Å². The second-order valence-corrected chi connectivity index (χ2v) is 7.42. The fraction of sp³-hybridized carbons (Fsp3) is 0.364. The quantitative estimate of drug-likeness (QED) is 0.886. The topological polar surface area (TPSA) is 49.4 Å². The lowest BCUT2D eigenvalue weighted by molar-refractivity contribution is -0.116. The molecule has 0 aromatic heterocycles. The molecule has 0 bridgehead atoms. The summed E-state index contributed by atoms with van der Waals surface area (Å²) >= 11 is 0. The highest BCUT2D eigenvalue weighted by Gasteiger charge is 2.31. The van der Waals surface area contributed by atoms with Gasteiger partial charge in [0.2, 0.25) is 5.91 Å². The maximum atomic E-state index is 13.2. The average molecular weight is 348 g/mol. The standard InChI is InChI=1S/C22H24N2O2/c1-14-5-6-17(12-15(14)2)20-4-3-11-24(20)22(26)18-7-9-19-16(13-18)8-10-21(25)23-19/h5-7,9,12-13,20H,3-4,8,10-11H2,1-2H3,(H,23,25). The van der Waals surface area contributed by atoms with E-state index >= 15 is 0 Å². The van der Waals surface area contributed by atoms with Crippen molar-refractivity contribution in [2.24, 2.45) is 0 Å². The van der Waals surface area contributed by atoms with Gasteiger partial charge in [-0.3, -0.25) is 9.59 Å². The third kappa shape index (κ3) is 3.00. The van der Waals surface area contributed by atoms with Crippen molar-refractivity contribution in [3.8, 4) is 0 Å². The fourth-order valence-corrected chi connectivity index (χ4v) is 4.01. The summed E-state index contributed by atoms with van der Waals surface area (Å²) < 4.78 is 0. The number of hydrogen-bond acceptors (Lipinski definition) is 2. The molecule has 2 aliphatic rings. The number of anilines is 1. The molecule has 134 valence electrons. The fourth-order valence-electron chi connectivity index (χ4n) is 4.01. The first-order valence-electron chi connectivity index (χ1n) is 9.34. The zero-order valence-electron chi connectivity index (χ0n) is 15.3. The second-order valence-electron chi connectivity index (χ2n) is 7.42. The van der Waals surface area contributed by atoms with E-state index < -0.39 is 0 Å². The van der Waals surface area contributed by atoms with E-state index in [0.717, 1.165) is 36.2 Å². The van der Waals surface area contributed by atoms with E-state index in [1.54, 1.807) is 0 Å². The lowest BCUT2D eigenvalue weighted by atomic mass is 9.98. The van der Waals surface area contributed by atoms with Crippen LogP contribution in [0.1, 0.15) is 57.9 Å². The Labute approximate surface area is 154 Å². The lowest BCUT2D eigenvalue weighted by Crippen LogP contribution is -2.31. The van der Waals surface area contributed by atoms with E-state index in [2.05, 4.69) is 37.4 Å². The van der Waals surface area contributed by atoms with Crippen LogP contribution < -0.4 is 5.32 Å². The van der Waals surface area contributed by atoms with Crippen molar-refractivity contribution in [3.63, 3.8) is 0 Å². The van der Waals surface area contributed by atoms with Crippen LogP contribution in [0.15, 0.2) is 36.4 Å². The predicted octanol–water partition coefficient (Wildman–Crippen LogP) is 4.17. The van der Waals surface area contributed by atoms with Crippen LogP contribution in [0.3, 0.4) is 0 Å². The summed E-state index contributed by atoms with van der Waals surface area (Å²) in [5.74, 6) is 0.136. The molecule has 26 heavy (non-hydrogen) atoms. The number of nitrogens with one attached hydrogen (secondary N) is 1. The molecule has 0 radical (unpaired) electrons. The molecule has 2 amide bonds. The normalized spacial score (nSPS) is 19.2. The summed E-state index contributed by atoms with van der Waals surface area (Å²) in [6.07, 6.45) is 3.22. The lowest BCUT2D eigenvalue weighted by Gasteiger charge is -2.26. The summed E-state index contributed by atoms with van der Waals surface area (Å²) in [4.78, 5) is 26.7. The van der Waals surface area contributed by atoms with Gasteiger partial charge in [-0.05, 0) is 73.6 Å². The number of benzene rings is 2. The van der Waals surface area contributed by atoms with Crippen LogP contribution in [0.5, 0.6) is 0 Å². The minimum Gasteiger partial charge on any atom is -0.332 e. The molecule has 0 spiro atoms. The summed E-state index contributed by atoms with van der Waals surface area (Å²) in [7, 11) is 0. The molecule has 4 heteroatoms. The Morgan fingerprint density at radius 3 is 2.73 bits per heavy atom. The number of hydrogen-bond donors (Lipinski definition) is 1. The van der Waals surface area contributed by atoms with E-state index in [-0.39, 0.29) is 17.9 Å². The van der Waals surface area contributed by atoms with Crippen molar-refractivity contribution in [2.45, 2.75) is 45.6 Å². The Hall–Kier alpha value is -2.62. The zero-order valence-corrected chi connectivity index (χ0v) is 15.3. The highest BCUT2D eigenvalue weighted by Crippen LogP contribution is 2.34. The van der Waals surface area contributed by atoms with Crippen LogP contribution >= 0.6 is 0 Å². The van der Waals surface area contributed by atoms with Crippen LogP contribution in [0.25, 0.3) is 0 Å². The van der Waals surface area contributed by atoms with Gasteiger partial charge in [-0.25, -0.2) is 0 Å². The van der Waals surface area contributed by atoms with Gasteiger partial charge >= 0.3 is 0 Å². The molecule has 1 atom stereocenters. The van der Waals surface area contributed by atoms with Crippen molar-refractivity contribution in [3.05, 3.63) is 64.2 Å². The van der Waals surface area contributed by atoms with Gasteiger partial charge in [-0.15, -0.1) is 0 Å². The van der Waals surface area contributed by atoms with Crippen molar-refractivity contribution >= 4 is 17.5 Å². The molecule has 1 N–H and O–H groups in total. The summed E-state index contributed by atoms with van der Waals surface area (Å²) in [5, 5.41) is 2.88. The maximum absolute atomic E-state index is 13.2. The van der Waals surface area contributed by atoms with Gasteiger partial charge in [0.15, 0.2) is 0 Å². The molecule has 0 aliphatic carbocycles. The van der Waals surface area contributed by atoms with E-state index in [4.69, 9.17) is 0 Å². The maximum Gasteiger partial charge on any atom is 0.254 e. The molecule has 0 saturated carbocycles. The van der Waals surface area contributed by atoms with Crippen LogP contribution in [-0.2, 0) is 11.2 Å². The largest absolute Gasteiger partial charge is 0.332 e. The van der Waals surface area contributed by atoms with E-state index in [0.29, 0.717) is 12.8 Å². The molecule has 2 aliphatic heterocycles. The molecular weight excluding hydrogens is 324 g/mol.